The van der Waals surface area contributed by atoms with Crippen molar-refractivity contribution in [3.8, 4) is 0 Å². The van der Waals surface area contributed by atoms with Crippen molar-refractivity contribution in [1.29, 1.82) is 0 Å². The van der Waals surface area contributed by atoms with Crippen LogP contribution in [0.2, 0.25) is 0 Å². The average Bonchev–Trinajstić information content (AvgIpc) is 2.04. The van der Waals surface area contributed by atoms with Gasteiger partial charge in [-0.05, 0) is 0 Å². The second-order valence-corrected chi connectivity index (χ2v) is 2.51. The van der Waals surface area contributed by atoms with Gasteiger partial charge in [0.1, 0.15) is 6.10 Å². The first-order valence-electron chi connectivity index (χ1n) is 4.05. The summed E-state index contributed by atoms with van der Waals surface area (Å²) in [6.07, 6.45) is 1.31. The Labute approximate surface area is 78.5 Å². The van der Waals surface area contributed by atoms with E-state index < -0.39 is 0 Å². The minimum absolute atomic E-state index is 0.329. The Morgan fingerprint density at radius 2 is 2.23 bits per heavy atom. The van der Waals surface area contributed by atoms with Gasteiger partial charge in [0.05, 0.1) is 19.8 Å². The Bertz CT molecular complexity index is 156. The van der Waals surface area contributed by atoms with Crippen LogP contribution in [0.15, 0.2) is 12.7 Å². The van der Waals surface area contributed by atoms with Crippen molar-refractivity contribution >= 4 is 5.97 Å². The SMILES string of the molecule is C=CCOCC(COC)OC(C)=O. The molecule has 0 rings (SSSR count). The van der Waals surface area contributed by atoms with Crippen molar-refractivity contribution in [2.75, 3.05) is 26.9 Å². The van der Waals surface area contributed by atoms with Gasteiger partial charge in [-0.25, -0.2) is 0 Å². The molecule has 1 unspecified atom stereocenters. The van der Waals surface area contributed by atoms with Crippen LogP contribution in [-0.2, 0) is 19.0 Å². The fourth-order valence-corrected chi connectivity index (χ4v) is 0.820. The maximum absolute atomic E-state index is 10.6. The third kappa shape index (κ3) is 7.49. The third-order valence-corrected chi connectivity index (χ3v) is 1.22. The predicted molar refractivity (Wildman–Crippen MR) is 48.4 cm³/mol. The summed E-state index contributed by atoms with van der Waals surface area (Å²) in [5.74, 6) is -0.329. The number of esters is 1. The lowest BCUT2D eigenvalue weighted by atomic mass is 10.4. The molecule has 0 aromatic carbocycles. The lowest BCUT2D eigenvalue weighted by Gasteiger charge is -2.15. The molecule has 0 spiro atoms. The number of methoxy groups -OCH3 is 1. The van der Waals surface area contributed by atoms with Gasteiger partial charge in [-0.2, -0.15) is 0 Å². The van der Waals surface area contributed by atoms with Crippen LogP contribution in [0, 0.1) is 0 Å². The molecule has 13 heavy (non-hydrogen) atoms. The standard InChI is InChI=1S/C9H16O4/c1-4-5-12-7-9(6-11-3)13-8(2)10/h4,9H,1,5-7H2,2-3H3. The van der Waals surface area contributed by atoms with Gasteiger partial charge in [-0.3, -0.25) is 4.79 Å². The largest absolute Gasteiger partial charge is 0.458 e. The van der Waals surface area contributed by atoms with E-state index in [2.05, 4.69) is 6.58 Å². The van der Waals surface area contributed by atoms with Crippen molar-refractivity contribution in [3.63, 3.8) is 0 Å². The molecule has 4 nitrogen and oxygen atoms in total. The summed E-state index contributed by atoms with van der Waals surface area (Å²) in [6, 6.07) is 0. The molecule has 0 aliphatic heterocycles. The van der Waals surface area contributed by atoms with Crippen LogP contribution in [0.3, 0.4) is 0 Å². The smallest absolute Gasteiger partial charge is 0.303 e. The van der Waals surface area contributed by atoms with Gasteiger partial charge in [0, 0.05) is 14.0 Å². The number of hydrogen-bond donors (Lipinski definition) is 0. The van der Waals surface area contributed by atoms with E-state index in [9.17, 15) is 4.79 Å². The number of hydrogen-bond acceptors (Lipinski definition) is 4. The predicted octanol–water partition coefficient (Wildman–Crippen LogP) is 0.767. The van der Waals surface area contributed by atoms with E-state index in [0.717, 1.165) is 0 Å². The molecule has 0 N–H and O–H groups in total. The maximum atomic E-state index is 10.6. The summed E-state index contributed by atoms with van der Waals surface area (Å²) < 4.78 is 14.9. The molecule has 0 bridgehead atoms. The van der Waals surface area contributed by atoms with Gasteiger partial charge in [0.15, 0.2) is 0 Å². The van der Waals surface area contributed by atoms with Crippen LogP contribution in [0.25, 0.3) is 0 Å². The van der Waals surface area contributed by atoms with E-state index >= 15 is 0 Å². The van der Waals surface area contributed by atoms with Gasteiger partial charge < -0.3 is 14.2 Å². The molecular formula is C9H16O4. The molecule has 0 amide bonds. The first-order valence-corrected chi connectivity index (χ1v) is 4.05. The summed E-state index contributed by atoms with van der Waals surface area (Å²) in [7, 11) is 1.55. The topological polar surface area (TPSA) is 44.8 Å². The average molecular weight is 188 g/mol. The van der Waals surface area contributed by atoms with Crippen molar-refractivity contribution < 1.29 is 19.0 Å². The van der Waals surface area contributed by atoms with Crippen LogP contribution in [0.5, 0.6) is 0 Å². The highest BCUT2D eigenvalue weighted by atomic mass is 16.6. The van der Waals surface area contributed by atoms with Crippen LogP contribution in [0.1, 0.15) is 6.92 Å². The lowest BCUT2D eigenvalue weighted by Crippen LogP contribution is -2.27. The van der Waals surface area contributed by atoms with Gasteiger partial charge in [-0.1, -0.05) is 6.08 Å². The molecule has 0 radical (unpaired) electrons. The zero-order valence-electron chi connectivity index (χ0n) is 8.12. The molecule has 0 saturated heterocycles. The molecule has 0 saturated carbocycles. The Balaban J connectivity index is 3.65. The summed E-state index contributed by atoms with van der Waals surface area (Å²) >= 11 is 0. The highest BCUT2D eigenvalue weighted by molar-refractivity contribution is 5.66. The first-order chi connectivity index (χ1) is 6.20. The second kappa shape index (κ2) is 7.76. The molecule has 0 heterocycles. The normalized spacial score (nSPS) is 12.2. The van der Waals surface area contributed by atoms with Gasteiger partial charge >= 0.3 is 5.97 Å². The zero-order chi connectivity index (χ0) is 10.1. The molecule has 4 heteroatoms. The van der Waals surface area contributed by atoms with E-state index in [0.29, 0.717) is 19.8 Å². The Morgan fingerprint density at radius 3 is 2.69 bits per heavy atom. The molecule has 1 atom stereocenters. The monoisotopic (exact) mass is 188 g/mol. The number of carbonyl (C=O) groups is 1. The highest BCUT2D eigenvalue weighted by Crippen LogP contribution is 1.95. The molecule has 0 aliphatic carbocycles. The third-order valence-electron chi connectivity index (χ3n) is 1.22. The first kappa shape index (κ1) is 12.1. The van der Waals surface area contributed by atoms with Crippen molar-refractivity contribution in [2.45, 2.75) is 13.0 Å². The quantitative estimate of drug-likeness (QED) is 0.336. The maximum Gasteiger partial charge on any atom is 0.303 e. The summed E-state index contributed by atoms with van der Waals surface area (Å²) in [5.41, 5.74) is 0. The summed E-state index contributed by atoms with van der Waals surface area (Å²) in [5, 5.41) is 0. The van der Waals surface area contributed by atoms with Crippen molar-refractivity contribution in [1.82, 2.24) is 0 Å². The van der Waals surface area contributed by atoms with Gasteiger partial charge in [0.2, 0.25) is 0 Å². The van der Waals surface area contributed by atoms with Crippen molar-refractivity contribution in [3.05, 3.63) is 12.7 Å². The fourth-order valence-electron chi connectivity index (χ4n) is 0.820. The van der Waals surface area contributed by atoms with Gasteiger partial charge in [0.25, 0.3) is 0 Å². The number of rotatable bonds is 7. The molecule has 0 aromatic heterocycles. The van der Waals surface area contributed by atoms with E-state index in [1.165, 1.54) is 6.92 Å². The lowest BCUT2D eigenvalue weighted by molar-refractivity contribution is -0.152. The second-order valence-electron chi connectivity index (χ2n) is 2.51. The molecule has 0 fully saturated rings. The summed E-state index contributed by atoms with van der Waals surface area (Å²) in [6.45, 7) is 5.98. The molecule has 76 valence electrons. The van der Waals surface area contributed by atoms with E-state index in [1.807, 2.05) is 0 Å². The fraction of sp³-hybridized carbons (Fsp3) is 0.667. The van der Waals surface area contributed by atoms with Crippen LogP contribution >= 0.6 is 0 Å². The molecule has 0 aromatic rings. The minimum Gasteiger partial charge on any atom is -0.458 e. The van der Waals surface area contributed by atoms with E-state index in [-0.39, 0.29) is 12.1 Å². The van der Waals surface area contributed by atoms with E-state index in [1.54, 1.807) is 13.2 Å². The Morgan fingerprint density at radius 1 is 1.54 bits per heavy atom. The molecular weight excluding hydrogens is 172 g/mol. The summed E-state index contributed by atoms with van der Waals surface area (Å²) in [4.78, 5) is 10.6. The number of ether oxygens (including phenoxy) is 3. The van der Waals surface area contributed by atoms with Crippen LogP contribution in [0.4, 0.5) is 0 Å². The minimum atomic E-state index is -0.331. The van der Waals surface area contributed by atoms with Crippen molar-refractivity contribution in [2.24, 2.45) is 0 Å². The highest BCUT2D eigenvalue weighted by Gasteiger charge is 2.11. The van der Waals surface area contributed by atoms with E-state index in [4.69, 9.17) is 14.2 Å². The number of carbonyl (C=O) groups excluding carboxylic acids is 1. The Hall–Kier alpha value is -0.870. The van der Waals surface area contributed by atoms with Crippen LogP contribution in [-0.4, -0.2) is 39.0 Å². The Kier molecular flexibility index (Phi) is 7.24. The van der Waals surface area contributed by atoms with Crippen LogP contribution < -0.4 is 0 Å². The van der Waals surface area contributed by atoms with Gasteiger partial charge in [-0.15, -0.1) is 6.58 Å². The zero-order valence-corrected chi connectivity index (χ0v) is 8.12. The molecule has 0 aliphatic rings.